The minimum atomic E-state index is -0.636. The van der Waals surface area contributed by atoms with Crippen molar-refractivity contribution in [2.24, 2.45) is 5.92 Å². The van der Waals surface area contributed by atoms with Crippen LogP contribution in [0.5, 0.6) is 5.75 Å². The molecule has 0 aliphatic carbocycles. The van der Waals surface area contributed by atoms with E-state index in [1.807, 2.05) is 38.1 Å². The Labute approximate surface area is 172 Å². The van der Waals surface area contributed by atoms with E-state index in [-0.39, 0.29) is 17.7 Å². The Balaban J connectivity index is 1.63. The lowest BCUT2D eigenvalue weighted by Gasteiger charge is -2.22. The van der Waals surface area contributed by atoms with Gasteiger partial charge in [0.2, 0.25) is 5.91 Å². The van der Waals surface area contributed by atoms with Crippen molar-refractivity contribution in [3.63, 3.8) is 0 Å². The van der Waals surface area contributed by atoms with Gasteiger partial charge in [-0.3, -0.25) is 9.59 Å². The molecular weight excluding hydrogens is 366 g/mol. The number of nitrogens with zero attached hydrogens (tertiary/aromatic N) is 1. The quantitative estimate of drug-likeness (QED) is 0.750. The molecule has 0 radical (unpaired) electrons. The molecule has 0 saturated carbocycles. The Bertz CT molecular complexity index is 825. The third-order valence-corrected chi connectivity index (χ3v) is 5.19. The van der Waals surface area contributed by atoms with Gasteiger partial charge in [-0.05, 0) is 67.3 Å². The van der Waals surface area contributed by atoms with Crippen molar-refractivity contribution < 1.29 is 14.3 Å². The predicted molar refractivity (Wildman–Crippen MR) is 116 cm³/mol. The molecule has 0 aromatic heterocycles. The summed E-state index contributed by atoms with van der Waals surface area (Å²) in [7, 11) is 1.58. The monoisotopic (exact) mass is 395 g/mol. The zero-order chi connectivity index (χ0) is 20.8. The van der Waals surface area contributed by atoms with Gasteiger partial charge >= 0.3 is 0 Å². The summed E-state index contributed by atoms with van der Waals surface area (Å²) in [4.78, 5) is 27.7. The Morgan fingerprint density at radius 2 is 1.59 bits per heavy atom. The molecule has 6 heteroatoms. The number of ether oxygens (including phenoxy) is 1. The summed E-state index contributed by atoms with van der Waals surface area (Å²) in [5.74, 6) is 0.111. The maximum atomic E-state index is 12.8. The second kappa shape index (κ2) is 9.45. The molecule has 2 N–H and O–H groups in total. The Morgan fingerprint density at radius 3 is 2.14 bits per heavy atom. The first-order chi connectivity index (χ1) is 14.0. The first-order valence-electron chi connectivity index (χ1n) is 10.1. The summed E-state index contributed by atoms with van der Waals surface area (Å²) < 4.78 is 5.11. The highest BCUT2D eigenvalue weighted by atomic mass is 16.5. The lowest BCUT2D eigenvalue weighted by molar-refractivity contribution is -0.118. The first-order valence-corrected chi connectivity index (χ1v) is 10.1. The second-order valence-electron chi connectivity index (χ2n) is 7.65. The maximum absolute atomic E-state index is 12.8. The average molecular weight is 396 g/mol. The van der Waals surface area contributed by atoms with Crippen LogP contribution in [0.15, 0.2) is 48.5 Å². The van der Waals surface area contributed by atoms with Crippen LogP contribution in [0.3, 0.4) is 0 Å². The van der Waals surface area contributed by atoms with E-state index in [1.54, 1.807) is 31.4 Å². The van der Waals surface area contributed by atoms with E-state index in [0.29, 0.717) is 11.3 Å². The minimum absolute atomic E-state index is 0.0546. The molecule has 1 atom stereocenters. The number of methoxy groups -OCH3 is 1. The summed E-state index contributed by atoms with van der Waals surface area (Å²) in [6.07, 6.45) is 2.45. The van der Waals surface area contributed by atoms with Gasteiger partial charge in [-0.15, -0.1) is 0 Å². The fraction of sp³-hybridized carbons (Fsp3) is 0.391. The summed E-state index contributed by atoms with van der Waals surface area (Å²) in [5, 5.41) is 5.77. The maximum Gasteiger partial charge on any atom is 0.251 e. The van der Waals surface area contributed by atoms with Crippen LogP contribution in [-0.4, -0.2) is 38.1 Å². The molecule has 2 aromatic carbocycles. The predicted octanol–water partition coefficient (Wildman–Crippen LogP) is 3.69. The molecule has 1 saturated heterocycles. The van der Waals surface area contributed by atoms with Gasteiger partial charge in [0.1, 0.15) is 11.8 Å². The third-order valence-electron chi connectivity index (χ3n) is 5.19. The minimum Gasteiger partial charge on any atom is -0.497 e. The van der Waals surface area contributed by atoms with E-state index in [2.05, 4.69) is 15.5 Å². The number of benzene rings is 2. The van der Waals surface area contributed by atoms with Crippen LogP contribution in [0.4, 0.5) is 11.4 Å². The van der Waals surface area contributed by atoms with Gasteiger partial charge in [-0.25, -0.2) is 0 Å². The molecule has 1 heterocycles. The van der Waals surface area contributed by atoms with Gasteiger partial charge in [-0.2, -0.15) is 0 Å². The second-order valence-corrected chi connectivity index (χ2v) is 7.65. The molecule has 1 fully saturated rings. The average Bonchev–Trinajstić information content (AvgIpc) is 3.27. The van der Waals surface area contributed by atoms with Crippen molar-refractivity contribution in [2.75, 3.05) is 30.4 Å². The zero-order valence-corrected chi connectivity index (χ0v) is 17.3. The van der Waals surface area contributed by atoms with Crippen molar-refractivity contribution in [2.45, 2.75) is 32.7 Å². The van der Waals surface area contributed by atoms with E-state index >= 15 is 0 Å². The summed E-state index contributed by atoms with van der Waals surface area (Å²) >= 11 is 0. The summed E-state index contributed by atoms with van der Waals surface area (Å²) in [6, 6.07) is 14.1. The van der Waals surface area contributed by atoms with Gasteiger partial charge in [-0.1, -0.05) is 13.8 Å². The number of carbonyl (C=O) groups is 2. The van der Waals surface area contributed by atoms with E-state index in [9.17, 15) is 9.59 Å². The van der Waals surface area contributed by atoms with Crippen LogP contribution in [0.2, 0.25) is 0 Å². The number of amides is 2. The molecule has 1 aliphatic rings. The lowest BCUT2D eigenvalue weighted by Crippen LogP contribution is -2.47. The number of carbonyl (C=O) groups excluding carboxylic acids is 2. The molecule has 0 unspecified atom stereocenters. The highest BCUT2D eigenvalue weighted by Crippen LogP contribution is 2.22. The standard InChI is InChI=1S/C23H29N3O3/c1-16(2)21(25-22(27)17-6-12-20(29-3)13-7-17)23(28)24-18-8-10-19(11-9-18)26-14-4-5-15-26/h6-13,16,21H,4-5,14-15H2,1-3H3,(H,24,28)(H,25,27)/t21-/m0/s1. The van der Waals surface area contributed by atoms with Crippen LogP contribution in [0.1, 0.15) is 37.0 Å². The summed E-state index contributed by atoms with van der Waals surface area (Å²) in [5.41, 5.74) is 2.38. The van der Waals surface area contributed by atoms with Crippen LogP contribution in [0.25, 0.3) is 0 Å². The molecule has 3 rings (SSSR count). The van der Waals surface area contributed by atoms with Crippen LogP contribution in [-0.2, 0) is 4.79 Å². The number of nitrogens with one attached hydrogen (secondary N) is 2. The number of anilines is 2. The first kappa shape index (κ1) is 20.7. The zero-order valence-electron chi connectivity index (χ0n) is 17.3. The Hall–Kier alpha value is -3.02. The molecule has 0 spiro atoms. The topological polar surface area (TPSA) is 70.7 Å². The lowest BCUT2D eigenvalue weighted by atomic mass is 10.0. The SMILES string of the molecule is COc1ccc(C(=O)N[C@H](C(=O)Nc2ccc(N3CCCC3)cc2)C(C)C)cc1. The fourth-order valence-electron chi connectivity index (χ4n) is 3.45. The van der Waals surface area contributed by atoms with Crippen molar-refractivity contribution in [3.8, 4) is 5.75 Å². The van der Waals surface area contributed by atoms with E-state index in [4.69, 9.17) is 4.74 Å². The van der Waals surface area contributed by atoms with Crippen molar-refractivity contribution in [3.05, 3.63) is 54.1 Å². The van der Waals surface area contributed by atoms with Gasteiger partial charge in [0, 0.05) is 30.0 Å². The van der Waals surface area contributed by atoms with Gasteiger partial charge in [0.05, 0.1) is 7.11 Å². The number of hydrogen-bond donors (Lipinski definition) is 2. The van der Waals surface area contributed by atoms with E-state index in [0.717, 1.165) is 18.8 Å². The Morgan fingerprint density at radius 1 is 0.966 bits per heavy atom. The normalized spacial score (nSPS) is 14.6. The van der Waals surface area contributed by atoms with Crippen molar-refractivity contribution in [1.82, 2.24) is 5.32 Å². The molecule has 154 valence electrons. The third kappa shape index (κ3) is 5.28. The van der Waals surface area contributed by atoms with Crippen molar-refractivity contribution in [1.29, 1.82) is 0 Å². The molecule has 6 nitrogen and oxygen atoms in total. The molecule has 1 aliphatic heterocycles. The number of rotatable bonds is 7. The molecule has 0 bridgehead atoms. The van der Waals surface area contributed by atoms with Crippen LogP contribution < -0.4 is 20.3 Å². The van der Waals surface area contributed by atoms with Crippen LogP contribution >= 0.6 is 0 Å². The van der Waals surface area contributed by atoms with Gasteiger partial charge in [0.25, 0.3) is 5.91 Å². The smallest absolute Gasteiger partial charge is 0.251 e. The van der Waals surface area contributed by atoms with E-state index in [1.165, 1.54) is 18.5 Å². The molecule has 29 heavy (non-hydrogen) atoms. The van der Waals surface area contributed by atoms with Crippen molar-refractivity contribution >= 4 is 23.2 Å². The Kier molecular flexibility index (Phi) is 6.75. The fourth-order valence-corrected chi connectivity index (χ4v) is 3.45. The highest BCUT2D eigenvalue weighted by molar-refractivity contribution is 6.01. The van der Waals surface area contributed by atoms with Gasteiger partial charge < -0.3 is 20.3 Å². The molecular formula is C23H29N3O3. The van der Waals surface area contributed by atoms with Crippen LogP contribution in [0, 0.1) is 5.92 Å². The van der Waals surface area contributed by atoms with E-state index < -0.39 is 6.04 Å². The molecule has 2 amide bonds. The molecule has 2 aromatic rings. The largest absolute Gasteiger partial charge is 0.497 e. The number of hydrogen-bond acceptors (Lipinski definition) is 4. The highest BCUT2D eigenvalue weighted by Gasteiger charge is 2.25. The summed E-state index contributed by atoms with van der Waals surface area (Å²) in [6.45, 7) is 5.99. The van der Waals surface area contributed by atoms with Gasteiger partial charge in [0.15, 0.2) is 0 Å².